The smallest absolute Gasteiger partial charge is 0.366 e. The molecular formula is C27H24ClN3O4S2. The number of piperidine rings is 1. The summed E-state index contributed by atoms with van der Waals surface area (Å²) >= 11 is 8.74. The zero-order valence-electron chi connectivity index (χ0n) is 20.3. The zero-order chi connectivity index (χ0) is 26.1. The van der Waals surface area contributed by atoms with E-state index in [1.807, 2.05) is 24.3 Å². The summed E-state index contributed by atoms with van der Waals surface area (Å²) in [6.45, 7) is 3.17. The first-order valence-corrected chi connectivity index (χ1v) is 13.9. The number of carbonyl (C=O) groups is 1. The highest BCUT2D eigenvalue weighted by molar-refractivity contribution is 7.15. The molecule has 4 aromatic rings. The maximum atomic E-state index is 13.1. The van der Waals surface area contributed by atoms with Crippen LogP contribution in [0.2, 0.25) is 5.02 Å². The van der Waals surface area contributed by atoms with Crippen LogP contribution in [0.15, 0.2) is 53.9 Å². The molecule has 0 radical (unpaired) electrons. The summed E-state index contributed by atoms with van der Waals surface area (Å²) in [5.41, 5.74) is 4.53. The molecule has 1 amide bonds. The zero-order valence-corrected chi connectivity index (χ0v) is 22.7. The van der Waals surface area contributed by atoms with Gasteiger partial charge in [0.05, 0.1) is 33.2 Å². The van der Waals surface area contributed by atoms with E-state index in [2.05, 4.69) is 31.2 Å². The van der Waals surface area contributed by atoms with Crippen LogP contribution >= 0.6 is 34.3 Å². The van der Waals surface area contributed by atoms with Crippen molar-refractivity contribution in [3.63, 3.8) is 0 Å². The first kappa shape index (κ1) is 25.4. The van der Waals surface area contributed by atoms with Gasteiger partial charge in [-0.05, 0) is 37.5 Å². The highest BCUT2D eigenvalue weighted by atomic mass is 35.5. The molecule has 0 saturated carbocycles. The molecule has 0 bridgehead atoms. The molecule has 0 aliphatic carbocycles. The predicted octanol–water partition coefficient (Wildman–Crippen LogP) is 7.44. The van der Waals surface area contributed by atoms with Gasteiger partial charge in [-0.25, -0.2) is 4.98 Å². The number of ether oxygens (including phenoxy) is 1. The highest BCUT2D eigenvalue weighted by Gasteiger charge is 2.32. The van der Waals surface area contributed by atoms with Crippen molar-refractivity contribution in [2.75, 3.05) is 20.2 Å². The molecule has 37 heavy (non-hydrogen) atoms. The Morgan fingerprint density at radius 3 is 2.38 bits per heavy atom. The summed E-state index contributed by atoms with van der Waals surface area (Å²) in [4.78, 5) is 31.8. The Balaban J connectivity index is 1.38. The number of hydrogen-bond acceptors (Lipinski definition) is 7. The quantitative estimate of drug-likeness (QED) is 0.183. The molecule has 0 N–H and O–H groups in total. The van der Waals surface area contributed by atoms with Gasteiger partial charge in [0.2, 0.25) is 5.75 Å². The van der Waals surface area contributed by atoms with Crippen LogP contribution in [0.3, 0.4) is 0 Å². The SMILES string of the molecule is COc1c(C(=O)N2CCC(c3nc(-c4ccc(Cl)cc4)c(-c4ccc(C)cc4)s3)CC2)csc1[N+](=O)[O-]. The molecule has 190 valence electrons. The van der Waals surface area contributed by atoms with Crippen molar-refractivity contribution in [3.8, 4) is 27.4 Å². The van der Waals surface area contributed by atoms with Crippen LogP contribution in [0.5, 0.6) is 5.75 Å². The average Bonchev–Trinajstić information content (AvgIpc) is 3.54. The average molecular weight is 554 g/mol. The topological polar surface area (TPSA) is 85.6 Å². The van der Waals surface area contributed by atoms with Gasteiger partial charge in [-0.15, -0.1) is 11.3 Å². The number of thiophene rings is 1. The van der Waals surface area contributed by atoms with Gasteiger partial charge in [-0.3, -0.25) is 14.9 Å². The van der Waals surface area contributed by atoms with Crippen molar-refractivity contribution >= 4 is 45.2 Å². The number of hydrogen-bond donors (Lipinski definition) is 0. The van der Waals surface area contributed by atoms with Crippen LogP contribution in [0.4, 0.5) is 5.00 Å². The Hall–Kier alpha value is -3.27. The van der Waals surface area contributed by atoms with E-state index in [-0.39, 0.29) is 28.1 Å². The van der Waals surface area contributed by atoms with Gasteiger partial charge in [0, 0.05) is 35.0 Å². The van der Waals surface area contributed by atoms with Gasteiger partial charge in [0.25, 0.3) is 5.91 Å². The van der Waals surface area contributed by atoms with Crippen LogP contribution in [-0.2, 0) is 0 Å². The lowest BCUT2D eigenvalue weighted by Gasteiger charge is -2.31. The third kappa shape index (κ3) is 5.12. The lowest BCUT2D eigenvalue weighted by atomic mass is 9.97. The normalized spacial score (nSPS) is 14.1. The maximum absolute atomic E-state index is 13.1. The summed E-state index contributed by atoms with van der Waals surface area (Å²) in [5.74, 6) is 0.0244. The Labute approximate surface area is 227 Å². The first-order valence-electron chi connectivity index (χ1n) is 11.8. The van der Waals surface area contributed by atoms with Crippen LogP contribution in [0.25, 0.3) is 21.7 Å². The summed E-state index contributed by atoms with van der Waals surface area (Å²) in [6, 6.07) is 16.2. The van der Waals surface area contributed by atoms with Crippen LogP contribution in [-0.4, -0.2) is 40.9 Å². The number of aryl methyl sites for hydroxylation is 1. The Bertz CT molecular complexity index is 1380. The van der Waals surface area contributed by atoms with Crippen molar-refractivity contribution in [2.45, 2.75) is 25.7 Å². The fourth-order valence-electron chi connectivity index (χ4n) is 4.52. The molecule has 1 aliphatic rings. The number of benzene rings is 2. The van der Waals surface area contributed by atoms with E-state index < -0.39 is 4.92 Å². The summed E-state index contributed by atoms with van der Waals surface area (Å²) < 4.78 is 5.20. The second-order valence-corrected chi connectivity index (χ2v) is 11.2. The molecule has 2 aromatic carbocycles. The standard InChI is InChI=1S/C27H24ClN3O4S2/c1-16-3-5-18(6-4-16)24-22(17-7-9-20(28)10-8-17)29-25(37-24)19-11-13-30(14-12-19)26(32)21-15-36-27(31(33)34)23(21)35-2/h3-10,15,19H,11-14H2,1-2H3. The van der Waals surface area contributed by atoms with E-state index in [1.54, 1.807) is 16.2 Å². The van der Waals surface area contributed by atoms with E-state index in [0.29, 0.717) is 18.1 Å². The lowest BCUT2D eigenvalue weighted by Crippen LogP contribution is -2.37. The fraction of sp³-hybridized carbons (Fsp3) is 0.259. The van der Waals surface area contributed by atoms with Gasteiger partial charge in [-0.1, -0.05) is 64.9 Å². The fourth-order valence-corrected chi connectivity index (χ4v) is 6.74. The van der Waals surface area contributed by atoms with E-state index in [1.165, 1.54) is 18.1 Å². The third-order valence-electron chi connectivity index (χ3n) is 6.53. The van der Waals surface area contributed by atoms with Crippen molar-refractivity contribution < 1.29 is 14.5 Å². The summed E-state index contributed by atoms with van der Waals surface area (Å²) in [6.07, 6.45) is 1.53. The number of rotatable bonds is 6. The van der Waals surface area contributed by atoms with E-state index in [4.69, 9.17) is 21.3 Å². The number of amides is 1. The van der Waals surface area contributed by atoms with E-state index in [0.717, 1.165) is 50.9 Å². The maximum Gasteiger partial charge on any atom is 0.366 e. The first-order chi connectivity index (χ1) is 17.9. The van der Waals surface area contributed by atoms with Gasteiger partial charge in [0.1, 0.15) is 0 Å². The van der Waals surface area contributed by atoms with Crippen LogP contribution in [0.1, 0.15) is 39.7 Å². The molecular weight excluding hydrogens is 530 g/mol. The molecule has 2 aromatic heterocycles. The molecule has 3 heterocycles. The minimum atomic E-state index is -0.515. The Morgan fingerprint density at radius 1 is 1.11 bits per heavy atom. The third-order valence-corrected chi connectivity index (χ3v) is 8.96. The van der Waals surface area contributed by atoms with E-state index >= 15 is 0 Å². The van der Waals surface area contributed by atoms with Gasteiger partial charge >= 0.3 is 5.00 Å². The van der Waals surface area contributed by atoms with Gasteiger partial charge < -0.3 is 9.64 Å². The second kappa shape index (κ2) is 10.6. The van der Waals surface area contributed by atoms with Gasteiger partial charge in [-0.2, -0.15) is 0 Å². The van der Waals surface area contributed by atoms with Crippen molar-refractivity contribution in [1.82, 2.24) is 9.88 Å². The number of halogens is 1. The monoisotopic (exact) mass is 553 g/mol. The molecule has 0 atom stereocenters. The lowest BCUT2D eigenvalue weighted by molar-refractivity contribution is -0.381. The van der Waals surface area contributed by atoms with E-state index in [9.17, 15) is 14.9 Å². The summed E-state index contributed by atoms with van der Waals surface area (Å²) in [7, 11) is 1.35. The summed E-state index contributed by atoms with van der Waals surface area (Å²) in [5, 5.41) is 14.4. The minimum Gasteiger partial charge on any atom is -0.489 e. The molecule has 1 saturated heterocycles. The number of methoxy groups -OCH3 is 1. The largest absolute Gasteiger partial charge is 0.489 e. The number of aromatic nitrogens is 1. The van der Waals surface area contributed by atoms with Crippen LogP contribution < -0.4 is 4.74 Å². The van der Waals surface area contributed by atoms with Crippen LogP contribution in [0, 0.1) is 17.0 Å². The minimum absolute atomic E-state index is 0.0393. The molecule has 0 unspecified atom stereocenters. The predicted molar refractivity (Wildman–Crippen MR) is 148 cm³/mol. The van der Waals surface area contributed by atoms with Crippen molar-refractivity contribution in [3.05, 3.63) is 85.2 Å². The number of nitrogens with zero attached hydrogens (tertiary/aromatic N) is 3. The number of nitro groups is 1. The second-order valence-electron chi connectivity index (χ2n) is 8.91. The number of likely N-dealkylation sites (tertiary alicyclic amines) is 1. The Morgan fingerprint density at radius 2 is 1.76 bits per heavy atom. The number of carbonyl (C=O) groups excluding carboxylic acids is 1. The molecule has 5 rings (SSSR count). The van der Waals surface area contributed by atoms with Gasteiger partial charge in [0.15, 0.2) is 0 Å². The number of thiazole rings is 1. The molecule has 1 aliphatic heterocycles. The molecule has 1 fully saturated rings. The molecule has 0 spiro atoms. The Kier molecular flexibility index (Phi) is 7.28. The molecule has 7 nitrogen and oxygen atoms in total. The highest BCUT2D eigenvalue weighted by Crippen LogP contribution is 2.43. The molecule has 10 heteroatoms. The van der Waals surface area contributed by atoms with Crippen molar-refractivity contribution in [2.24, 2.45) is 0 Å². The van der Waals surface area contributed by atoms with Crippen molar-refractivity contribution in [1.29, 1.82) is 0 Å².